The van der Waals surface area contributed by atoms with Crippen LogP contribution < -0.4 is 10.6 Å². The monoisotopic (exact) mass is 388 g/mol. The van der Waals surface area contributed by atoms with Crippen LogP contribution in [0.4, 0.5) is 0 Å². The van der Waals surface area contributed by atoms with Gasteiger partial charge in [0.15, 0.2) is 5.96 Å². The van der Waals surface area contributed by atoms with Gasteiger partial charge in [0.25, 0.3) is 0 Å². The van der Waals surface area contributed by atoms with Crippen molar-refractivity contribution in [3.8, 4) is 5.69 Å². The fourth-order valence-electron chi connectivity index (χ4n) is 3.38. The summed E-state index contributed by atoms with van der Waals surface area (Å²) in [5, 5.41) is 12.1. The molecule has 27 heavy (non-hydrogen) atoms. The van der Waals surface area contributed by atoms with E-state index in [2.05, 4.69) is 32.5 Å². The summed E-state index contributed by atoms with van der Waals surface area (Å²) in [4.78, 5) is 6.91. The lowest BCUT2D eigenvalue weighted by Gasteiger charge is -2.32. The number of benzene rings is 1. The quantitative estimate of drug-likeness (QED) is 0.589. The number of nitrogens with zero attached hydrogens (tertiary/aromatic N) is 4. The van der Waals surface area contributed by atoms with E-state index in [4.69, 9.17) is 11.6 Å². The van der Waals surface area contributed by atoms with E-state index >= 15 is 0 Å². The molecule has 0 radical (unpaired) electrons. The number of rotatable bonds is 6. The number of aliphatic imine (C=N–C) groups is 1. The first kappa shape index (κ1) is 19.7. The van der Waals surface area contributed by atoms with Gasteiger partial charge in [0, 0.05) is 49.5 Å². The zero-order valence-corrected chi connectivity index (χ0v) is 16.9. The van der Waals surface area contributed by atoms with Gasteiger partial charge in [-0.15, -0.1) is 0 Å². The van der Waals surface area contributed by atoms with Crippen LogP contribution in [0.3, 0.4) is 0 Å². The number of piperidine rings is 1. The first-order valence-corrected chi connectivity index (χ1v) is 10.0. The van der Waals surface area contributed by atoms with Crippen molar-refractivity contribution in [2.45, 2.75) is 38.8 Å². The third-order valence-electron chi connectivity index (χ3n) is 4.88. The molecule has 1 aromatic carbocycles. The minimum atomic E-state index is 0.487. The Labute approximate surface area is 166 Å². The van der Waals surface area contributed by atoms with E-state index in [-0.39, 0.29) is 0 Å². The molecule has 7 heteroatoms. The Kier molecular flexibility index (Phi) is 7.12. The Morgan fingerprint density at radius 2 is 2.00 bits per heavy atom. The zero-order valence-electron chi connectivity index (χ0n) is 16.2. The van der Waals surface area contributed by atoms with Gasteiger partial charge in [-0.2, -0.15) is 5.10 Å². The van der Waals surface area contributed by atoms with Crippen molar-refractivity contribution in [2.24, 2.45) is 4.99 Å². The Morgan fingerprint density at radius 1 is 1.26 bits per heavy atom. The molecule has 6 nitrogen and oxygen atoms in total. The van der Waals surface area contributed by atoms with Gasteiger partial charge in [0.1, 0.15) is 0 Å². The SMILES string of the molecule is CCCN1CCC(NC(=NC)NCc2cnn(-c3ccc(Cl)cc3)c2)CC1. The van der Waals surface area contributed by atoms with Crippen LogP contribution in [0.5, 0.6) is 0 Å². The molecule has 2 heterocycles. The lowest BCUT2D eigenvalue weighted by molar-refractivity contribution is 0.206. The molecule has 2 aromatic rings. The van der Waals surface area contributed by atoms with Crippen molar-refractivity contribution < 1.29 is 0 Å². The summed E-state index contributed by atoms with van der Waals surface area (Å²) in [5.74, 6) is 0.850. The number of hydrogen-bond acceptors (Lipinski definition) is 3. The van der Waals surface area contributed by atoms with Crippen molar-refractivity contribution >= 4 is 17.6 Å². The first-order valence-electron chi connectivity index (χ1n) is 9.67. The number of aromatic nitrogens is 2. The van der Waals surface area contributed by atoms with Crippen LogP contribution in [-0.4, -0.2) is 53.4 Å². The van der Waals surface area contributed by atoms with Crippen LogP contribution in [0.25, 0.3) is 5.69 Å². The molecule has 0 amide bonds. The van der Waals surface area contributed by atoms with Crippen LogP contribution in [0.1, 0.15) is 31.7 Å². The summed E-state index contributed by atoms with van der Waals surface area (Å²) in [5.41, 5.74) is 2.10. The molecule has 1 aliphatic rings. The second-order valence-corrected chi connectivity index (χ2v) is 7.39. The molecular formula is C20H29ClN6. The van der Waals surface area contributed by atoms with Crippen LogP contribution in [0, 0.1) is 0 Å². The highest BCUT2D eigenvalue weighted by molar-refractivity contribution is 6.30. The topological polar surface area (TPSA) is 57.5 Å². The van der Waals surface area contributed by atoms with E-state index in [0.29, 0.717) is 12.6 Å². The Hall–Kier alpha value is -2.05. The molecule has 0 spiro atoms. The lowest BCUT2D eigenvalue weighted by Crippen LogP contribution is -2.48. The van der Waals surface area contributed by atoms with Crippen molar-refractivity contribution in [1.29, 1.82) is 0 Å². The third kappa shape index (κ3) is 5.71. The van der Waals surface area contributed by atoms with E-state index in [1.54, 1.807) is 0 Å². The van der Waals surface area contributed by atoms with Crippen LogP contribution in [0.2, 0.25) is 5.02 Å². The molecule has 0 aliphatic carbocycles. The first-order chi connectivity index (χ1) is 13.2. The van der Waals surface area contributed by atoms with Gasteiger partial charge >= 0.3 is 0 Å². The zero-order chi connectivity index (χ0) is 19.1. The van der Waals surface area contributed by atoms with E-state index in [9.17, 15) is 0 Å². The highest BCUT2D eigenvalue weighted by Gasteiger charge is 2.19. The molecule has 0 unspecified atom stereocenters. The van der Waals surface area contributed by atoms with E-state index in [1.807, 2.05) is 48.4 Å². The molecular weight excluding hydrogens is 360 g/mol. The highest BCUT2D eigenvalue weighted by Crippen LogP contribution is 2.13. The van der Waals surface area contributed by atoms with Gasteiger partial charge in [-0.1, -0.05) is 18.5 Å². The normalized spacial score (nSPS) is 16.5. The number of likely N-dealkylation sites (tertiary alicyclic amines) is 1. The summed E-state index contributed by atoms with van der Waals surface area (Å²) in [6, 6.07) is 8.14. The summed E-state index contributed by atoms with van der Waals surface area (Å²) >= 11 is 5.95. The number of guanidine groups is 1. The molecule has 0 saturated carbocycles. The molecule has 2 N–H and O–H groups in total. The van der Waals surface area contributed by atoms with Gasteiger partial charge in [-0.05, 0) is 50.1 Å². The molecule has 146 valence electrons. The van der Waals surface area contributed by atoms with Gasteiger partial charge < -0.3 is 15.5 Å². The predicted octanol–water partition coefficient (Wildman–Crippen LogP) is 3.07. The van der Waals surface area contributed by atoms with Crippen molar-refractivity contribution in [3.05, 3.63) is 47.2 Å². The van der Waals surface area contributed by atoms with Crippen molar-refractivity contribution in [2.75, 3.05) is 26.7 Å². The second kappa shape index (κ2) is 9.76. The predicted molar refractivity (Wildman–Crippen MR) is 112 cm³/mol. The van der Waals surface area contributed by atoms with Gasteiger partial charge in [-0.3, -0.25) is 4.99 Å². The molecule has 1 fully saturated rings. The summed E-state index contributed by atoms with van der Waals surface area (Å²) in [7, 11) is 1.82. The van der Waals surface area contributed by atoms with Gasteiger partial charge in [0.05, 0.1) is 11.9 Å². The van der Waals surface area contributed by atoms with Crippen LogP contribution in [0.15, 0.2) is 41.7 Å². The van der Waals surface area contributed by atoms with Gasteiger partial charge in [-0.25, -0.2) is 4.68 Å². The second-order valence-electron chi connectivity index (χ2n) is 6.96. The average molecular weight is 389 g/mol. The highest BCUT2D eigenvalue weighted by atomic mass is 35.5. The third-order valence-corrected chi connectivity index (χ3v) is 5.13. The Bertz CT molecular complexity index is 731. The number of hydrogen-bond donors (Lipinski definition) is 2. The molecule has 0 bridgehead atoms. The minimum Gasteiger partial charge on any atom is -0.354 e. The average Bonchev–Trinajstić information content (AvgIpc) is 3.16. The number of halogens is 1. The summed E-state index contributed by atoms with van der Waals surface area (Å²) < 4.78 is 1.85. The Balaban J connectivity index is 1.48. The molecule has 1 aliphatic heterocycles. The smallest absolute Gasteiger partial charge is 0.191 e. The standard InChI is InChI=1S/C20H29ClN6/c1-3-10-26-11-8-18(9-12-26)25-20(22-2)23-13-16-14-24-27(15-16)19-6-4-17(21)5-7-19/h4-7,14-15,18H,3,8-13H2,1-2H3,(H2,22,23,25). The molecule has 1 aromatic heterocycles. The van der Waals surface area contributed by atoms with E-state index in [1.165, 1.54) is 13.0 Å². The van der Waals surface area contributed by atoms with Crippen LogP contribution in [-0.2, 0) is 6.54 Å². The van der Waals surface area contributed by atoms with Crippen LogP contribution >= 0.6 is 11.6 Å². The fraction of sp³-hybridized carbons (Fsp3) is 0.500. The maximum absolute atomic E-state index is 5.95. The largest absolute Gasteiger partial charge is 0.354 e. The maximum atomic E-state index is 5.95. The minimum absolute atomic E-state index is 0.487. The maximum Gasteiger partial charge on any atom is 0.191 e. The summed E-state index contributed by atoms with van der Waals surface area (Å²) in [6.07, 6.45) is 7.44. The Morgan fingerprint density at radius 3 is 2.67 bits per heavy atom. The lowest BCUT2D eigenvalue weighted by atomic mass is 10.1. The molecule has 1 saturated heterocycles. The van der Waals surface area contributed by atoms with Gasteiger partial charge in [0.2, 0.25) is 0 Å². The van der Waals surface area contributed by atoms with Crippen molar-refractivity contribution in [1.82, 2.24) is 25.3 Å². The fourth-order valence-corrected chi connectivity index (χ4v) is 3.50. The summed E-state index contributed by atoms with van der Waals surface area (Å²) in [6.45, 7) is 6.46. The molecule has 0 atom stereocenters. The van der Waals surface area contributed by atoms with E-state index < -0.39 is 0 Å². The number of nitrogens with one attached hydrogen (secondary N) is 2. The molecule has 3 rings (SSSR count). The van der Waals surface area contributed by atoms with E-state index in [0.717, 1.165) is 48.2 Å². The van der Waals surface area contributed by atoms with Crippen molar-refractivity contribution in [3.63, 3.8) is 0 Å².